The maximum atomic E-state index is 4.77. The summed E-state index contributed by atoms with van der Waals surface area (Å²) in [7, 11) is 0. The molecule has 0 unspecified atom stereocenters. The number of imidazole rings is 1. The van der Waals surface area contributed by atoms with Gasteiger partial charge in [-0.05, 0) is 31.2 Å². The molecule has 1 N–H and O–H groups in total. The van der Waals surface area contributed by atoms with E-state index in [-0.39, 0.29) is 0 Å². The van der Waals surface area contributed by atoms with E-state index in [1.807, 2.05) is 30.3 Å². The van der Waals surface area contributed by atoms with Crippen molar-refractivity contribution in [2.75, 3.05) is 11.9 Å². The molecule has 0 bridgehead atoms. The van der Waals surface area contributed by atoms with Crippen LogP contribution in [0.25, 0.3) is 21.9 Å². The first-order valence-electron chi connectivity index (χ1n) is 8.24. The quantitative estimate of drug-likeness (QED) is 0.610. The average molecular weight is 317 g/mol. The minimum absolute atomic E-state index is 0.782. The lowest BCUT2D eigenvalue weighted by atomic mass is 10.2. The summed E-state index contributed by atoms with van der Waals surface area (Å²) in [5.41, 5.74) is 3.21. The number of nitrogens with zero attached hydrogens (tertiary/aromatic N) is 4. The van der Waals surface area contributed by atoms with Gasteiger partial charge < -0.3 is 9.88 Å². The van der Waals surface area contributed by atoms with Gasteiger partial charge in [-0.2, -0.15) is 0 Å². The molecule has 0 spiro atoms. The van der Waals surface area contributed by atoms with Crippen LogP contribution in [0.4, 0.5) is 5.82 Å². The number of benzene rings is 2. The van der Waals surface area contributed by atoms with Crippen molar-refractivity contribution in [3.8, 4) is 0 Å². The first kappa shape index (κ1) is 14.6. The molecule has 0 radical (unpaired) electrons. The lowest BCUT2D eigenvalue weighted by Gasteiger charge is -2.09. The monoisotopic (exact) mass is 317 g/mol. The van der Waals surface area contributed by atoms with Gasteiger partial charge in [0.2, 0.25) is 0 Å². The molecular weight excluding hydrogens is 298 g/mol. The maximum Gasteiger partial charge on any atom is 0.137 e. The number of para-hydroxylation sites is 3. The summed E-state index contributed by atoms with van der Waals surface area (Å²) in [6, 6.07) is 16.3. The van der Waals surface area contributed by atoms with E-state index in [2.05, 4.69) is 45.0 Å². The minimum Gasteiger partial charge on any atom is -0.369 e. The number of aromatic nitrogens is 4. The van der Waals surface area contributed by atoms with E-state index in [0.717, 1.165) is 47.6 Å². The van der Waals surface area contributed by atoms with Gasteiger partial charge in [0.15, 0.2) is 0 Å². The Hall–Kier alpha value is -2.95. The highest BCUT2D eigenvalue weighted by atomic mass is 15.1. The molecule has 0 saturated heterocycles. The molecule has 0 saturated carbocycles. The highest BCUT2D eigenvalue weighted by Crippen LogP contribution is 2.19. The van der Waals surface area contributed by atoms with Crippen molar-refractivity contribution in [1.82, 2.24) is 19.5 Å². The Kier molecular flexibility index (Phi) is 3.83. The summed E-state index contributed by atoms with van der Waals surface area (Å²) < 4.78 is 2.27. The Bertz CT molecular complexity index is 984. The van der Waals surface area contributed by atoms with Gasteiger partial charge >= 0.3 is 0 Å². The Balaban J connectivity index is 1.55. The third-order valence-electron chi connectivity index (χ3n) is 4.23. The Labute approximate surface area is 140 Å². The van der Waals surface area contributed by atoms with Crippen molar-refractivity contribution in [2.45, 2.75) is 19.9 Å². The van der Waals surface area contributed by atoms with Crippen molar-refractivity contribution in [3.63, 3.8) is 0 Å². The maximum absolute atomic E-state index is 4.77. The third kappa shape index (κ3) is 2.58. The number of anilines is 1. The second kappa shape index (κ2) is 6.28. The first-order valence-corrected chi connectivity index (χ1v) is 8.24. The van der Waals surface area contributed by atoms with E-state index < -0.39 is 0 Å². The summed E-state index contributed by atoms with van der Waals surface area (Å²) in [5.74, 6) is 1.98. The summed E-state index contributed by atoms with van der Waals surface area (Å²) in [6.45, 7) is 3.86. The molecule has 2 heterocycles. The largest absolute Gasteiger partial charge is 0.369 e. The number of aryl methyl sites for hydroxylation is 1. The topological polar surface area (TPSA) is 55.6 Å². The van der Waals surface area contributed by atoms with Crippen molar-refractivity contribution >= 4 is 27.8 Å². The molecule has 120 valence electrons. The number of hydrogen-bond acceptors (Lipinski definition) is 4. The van der Waals surface area contributed by atoms with Crippen LogP contribution in [0.1, 0.15) is 12.7 Å². The predicted octanol–water partition coefficient (Wildman–Crippen LogP) is 3.65. The van der Waals surface area contributed by atoms with Crippen molar-refractivity contribution < 1.29 is 0 Å². The van der Waals surface area contributed by atoms with Gasteiger partial charge in [-0.15, -0.1) is 0 Å². The standard InChI is InChI=1S/C19H19N5/c1-2-24-17-10-6-5-9-16(17)23-18(24)11-12-20-19-14-7-3-4-8-15(14)21-13-22-19/h3-10,13H,2,11-12H2,1H3,(H,20,21,22). The second-order valence-corrected chi connectivity index (χ2v) is 5.68. The third-order valence-corrected chi connectivity index (χ3v) is 4.23. The van der Waals surface area contributed by atoms with Crippen LogP contribution in [0.2, 0.25) is 0 Å². The molecule has 4 rings (SSSR count). The number of fused-ring (bicyclic) bond motifs is 2. The SMILES string of the molecule is CCn1c(CCNc2ncnc3ccccc23)nc2ccccc21. The van der Waals surface area contributed by atoms with Gasteiger partial charge in [0.05, 0.1) is 16.6 Å². The summed E-state index contributed by atoms with van der Waals surface area (Å²) in [4.78, 5) is 13.4. The summed E-state index contributed by atoms with van der Waals surface area (Å²) in [6.07, 6.45) is 2.45. The van der Waals surface area contributed by atoms with Crippen molar-refractivity contribution in [2.24, 2.45) is 0 Å². The van der Waals surface area contributed by atoms with Gasteiger partial charge in [0.25, 0.3) is 0 Å². The zero-order valence-corrected chi connectivity index (χ0v) is 13.6. The molecule has 0 atom stereocenters. The molecule has 2 aromatic heterocycles. The molecule has 4 aromatic rings. The van der Waals surface area contributed by atoms with Crippen LogP contribution >= 0.6 is 0 Å². The molecule has 5 heteroatoms. The second-order valence-electron chi connectivity index (χ2n) is 5.68. The zero-order chi connectivity index (χ0) is 16.4. The molecule has 0 amide bonds. The molecule has 0 aliphatic rings. The van der Waals surface area contributed by atoms with E-state index in [0.29, 0.717) is 0 Å². The van der Waals surface area contributed by atoms with Crippen molar-refractivity contribution in [3.05, 3.63) is 60.7 Å². The molecule has 2 aromatic carbocycles. The summed E-state index contributed by atoms with van der Waals surface area (Å²) >= 11 is 0. The molecule has 0 fully saturated rings. The van der Waals surface area contributed by atoms with E-state index in [1.54, 1.807) is 6.33 Å². The van der Waals surface area contributed by atoms with E-state index in [9.17, 15) is 0 Å². The van der Waals surface area contributed by atoms with Gasteiger partial charge in [0.1, 0.15) is 18.0 Å². The fourth-order valence-corrected chi connectivity index (χ4v) is 3.11. The van der Waals surface area contributed by atoms with Crippen molar-refractivity contribution in [1.29, 1.82) is 0 Å². The zero-order valence-electron chi connectivity index (χ0n) is 13.6. The van der Waals surface area contributed by atoms with E-state index >= 15 is 0 Å². The van der Waals surface area contributed by atoms with Gasteiger partial charge in [0, 0.05) is 24.9 Å². The van der Waals surface area contributed by atoms with E-state index in [1.165, 1.54) is 5.52 Å². The summed E-state index contributed by atoms with van der Waals surface area (Å²) in [5, 5.41) is 4.47. The lowest BCUT2D eigenvalue weighted by molar-refractivity contribution is 0.717. The fraction of sp³-hybridized carbons (Fsp3) is 0.211. The Morgan fingerprint density at radius 1 is 0.958 bits per heavy atom. The van der Waals surface area contributed by atoms with Crippen LogP contribution in [0.5, 0.6) is 0 Å². The Morgan fingerprint density at radius 3 is 2.62 bits per heavy atom. The highest BCUT2D eigenvalue weighted by molar-refractivity contribution is 5.88. The number of rotatable bonds is 5. The fourth-order valence-electron chi connectivity index (χ4n) is 3.11. The van der Waals surface area contributed by atoms with Crippen LogP contribution in [-0.2, 0) is 13.0 Å². The van der Waals surface area contributed by atoms with Crippen LogP contribution in [0.3, 0.4) is 0 Å². The van der Waals surface area contributed by atoms with Gasteiger partial charge in [-0.25, -0.2) is 15.0 Å². The molecule has 0 aliphatic carbocycles. The first-order chi connectivity index (χ1) is 11.9. The van der Waals surface area contributed by atoms with Gasteiger partial charge in [-0.3, -0.25) is 0 Å². The van der Waals surface area contributed by atoms with Crippen LogP contribution in [-0.4, -0.2) is 26.1 Å². The normalized spacial score (nSPS) is 11.2. The molecule has 5 nitrogen and oxygen atoms in total. The van der Waals surface area contributed by atoms with Crippen LogP contribution in [0.15, 0.2) is 54.9 Å². The van der Waals surface area contributed by atoms with Crippen LogP contribution in [0, 0.1) is 0 Å². The number of nitrogens with one attached hydrogen (secondary N) is 1. The van der Waals surface area contributed by atoms with Crippen LogP contribution < -0.4 is 5.32 Å². The van der Waals surface area contributed by atoms with Gasteiger partial charge in [-0.1, -0.05) is 24.3 Å². The Morgan fingerprint density at radius 2 is 1.75 bits per heavy atom. The lowest BCUT2D eigenvalue weighted by Crippen LogP contribution is -2.11. The van der Waals surface area contributed by atoms with E-state index in [4.69, 9.17) is 4.98 Å². The molecular formula is C19H19N5. The predicted molar refractivity (Wildman–Crippen MR) is 97.1 cm³/mol. The smallest absolute Gasteiger partial charge is 0.137 e. The average Bonchev–Trinajstić information content (AvgIpc) is 2.99. The molecule has 24 heavy (non-hydrogen) atoms. The molecule has 0 aliphatic heterocycles. The highest BCUT2D eigenvalue weighted by Gasteiger charge is 2.09. The number of hydrogen-bond donors (Lipinski definition) is 1. The minimum atomic E-state index is 0.782.